The average molecular weight is 287 g/mol. The third-order valence-electron chi connectivity index (χ3n) is 3.21. The summed E-state index contributed by atoms with van der Waals surface area (Å²) in [6, 6.07) is -0.518. The van der Waals surface area contributed by atoms with Crippen LogP contribution in [0.1, 0.15) is 12.8 Å². The fourth-order valence-electron chi connectivity index (χ4n) is 2.41. The van der Waals surface area contributed by atoms with Crippen LogP contribution in [-0.4, -0.2) is 77.8 Å². The van der Waals surface area contributed by atoms with Crippen LogP contribution in [0.3, 0.4) is 0 Å². The van der Waals surface area contributed by atoms with Crippen LogP contribution in [0.25, 0.3) is 0 Å². The summed E-state index contributed by atoms with van der Waals surface area (Å²) in [4.78, 5) is 36.1. The zero-order valence-electron chi connectivity index (χ0n) is 11.5. The van der Waals surface area contributed by atoms with E-state index in [9.17, 15) is 14.4 Å². The molecule has 1 heterocycles. The first kappa shape index (κ1) is 16.2. The molecule has 0 aromatic heterocycles. The van der Waals surface area contributed by atoms with Gasteiger partial charge in [-0.2, -0.15) is 0 Å². The number of hydrogen-bond acceptors (Lipinski definition) is 4. The van der Waals surface area contributed by atoms with E-state index in [0.717, 1.165) is 24.3 Å². The highest BCUT2D eigenvalue weighted by Gasteiger charge is 2.28. The molecule has 1 aliphatic heterocycles. The highest BCUT2D eigenvalue weighted by molar-refractivity contribution is 5.84. The van der Waals surface area contributed by atoms with Crippen LogP contribution in [-0.2, 0) is 9.59 Å². The van der Waals surface area contributed by atoms with Crippen molar-refractivity contribution in [3.63, 3.8) is 0 Å². The fourth-order valence-corrected chi connectivity index (χ4v) is 2.41. The molecule has 2 amide bonds. The van der Waals surface area contributed by atoms with Crippen molar-refractivity contribution in [1.82, 2.24) is 15.1 Å². The summed E-state index contributed by atoms with van der Waals surface area (Å²) in [6.45, 7) is 0.641. The normalized spacial score (nSPS) is 18.6. The fraction of sp³-hybridized carbons (Fsp3) is 0.750. The zero-order chi connectivity index (χ0) is 15.1. The molecule has 20 heavy (non-hydrogen) atoms. The molecule has 1 unspecified atom stereocenters. The molecule has 3 N–H and O–H groups in total. The van der Waals surface area contributed by atoms with Gasteiger partial charge in [-0.3, -0.25) is 9.59 Å². The van der Waals surface area contributed by atoms with Crippen LogP contribution in [0.4, 0.5) is 4.79 Å². The second-order valence-corrected chi connectivity index (χ2v) is 4.94. The number of carboxylic acid groups (broad SMARTS) is 2. The van der Waals surface area contributed by atoms with Crippen LogP contribution < -0.4 is 5.32 Å². The minimum absolute atomic E-state index is 0.314. The van der Waals surface area contributed by atoms with Crippen LogP contribution in [0, 0.1) is 5.92 Å². The lowest BCUT2D eigenvalue weighted by atomic mass is 9.98. The number of carbonyl (C=O) groups excluding carboxylic acids is 1. The molecule has 0 aliphatic carbocycles. The van der Waals surface area contributed by atoms with Crippen molar-refractivity contribution >= 4 is 18.0 Å². The molecule has 0 aromatic carbocycles. The molecule has 0 saturated carbocycles. The van der Waals surface area contributed by atoms with Gasteiger partial charge >= 0.3 is 18.0 Å². The van der Waals surface area contributed by atoms with E-state index in [4.69, 9.17) is 10.2 Å². The minimum atomic E-state index is -1.22. The standard InChI is InChI=1S/C12H21N3O5/c1-13-5-9-3-2-4-14(6-9)12(20)15(7-10(16)17)8-11(18)19/h9,13H,2-8H2,1H3,(H,16,17)(H,18,19). The summed E-state index contributed by atoms with van der Waals surface area (Å²) in [5.41, 5.74) is 0. The molecule has 0 spiro atoms. The van der Waals surface area contributed by atoms with Crippen molar-refractivity contribution in [2.45, 2.75) is 12.8 Å². The number of carbonyl (C=O) groups is 3. The SMILES string of the molecule is CNCC1CCCN(C(=O)N(CC(=O)O)CC(=O)O)C1. The quantitative estimate of drug-likeness (QED) is 0.608. The Morgan fingerprint density at radius 2 is 1.85 bits per heavy atom. The van der Waals surface area contributed by atoms with E-state index in [-0.39, 0.29) is 0 Å². The second-order valence-electron chi connectivity index (χ2n) is 4.94. The highest BCUT2D eigenvalue weighted by atomic mass is 16.4. The monoisotopic (exact) mass is 287 g/mol. The van der Waals surface area contributed by atoms with E-state index < -0.39 is 31.1 Å². The Kier molecular flexibility index (Phi) is 6.23. The van der Waals surface area contributed by atoms with E-state index in [1.807, 2.05) is 7.05 Å². The molecule has 1 saturated heterocycles. The van der Waals surface area contributed by atoms with Crippen LogP contribution >= 0.6 is 0 Å². The largest absolute Gasteiger partial charge is 0.480 e. The maximum atomic E-state index is 12.2. The maximum absolute atomic E-state index is 12.2. The Labute approximate surface area is 117 Å². The number of urea groups is 1. The molecule has 8 heteroatoms. The lowest BCUT2D eigenvalue weighted by Gasteiger charge is -2.35. The van der Waals surface area contributed by atoms with Gasteiger partial charge in [0.15, 0.2) is 0 Å². The van der Waals surface area contributed by atoms with Crippen LogP contribution in [0.5, 0.6) is 0 Å². The maximum Gasteiger partial charge on any atom is 0.323 e. The summed E-state index contributed by atoms with van der Waals surface area (Å²) in [7, 11) is 1.84. The van der Waals surface area contributed by atoms with Crippen molar-refractivity contribution in [3.8, 4) is 0 Å². The van der Waals surface area contributed by atoms with Crippen LogP contribution in [0.15, 0.2) is 0 Å². The topological polar surface area (TPSA) is 110 Å². The van der Waals surface area contributed by atoms with E-state index in [0.29, 0.717) is 19.0 Å². The van der Waals surface area contributed by atoms with E-state index >= 15 is 0 Å². The van der Waals surface area contributed by atoms with Gasteiger partial charge in [-0.1, -0.05) is 0 Å². The van der Waals surface area contributed by atoms with Gasteiger partial charge in [0.05, 0.1) is 0 Å². The van der Waals surface area contributed by atoms with Gasteiger partial charge in [0.2, 0.25) is 0 Å². The molecule has 1 fully saturated rings. The predicted molar refractivity (Wildman–Crippen MR) is 70.5 cm³/mol. The minimum Gasteiger partial charge on any atom is -0.480 e. The number of carboxylic acids is 2. The van der Waals surface area contributed by atoms with Gasteiger partial charge in [-0.05, 0) is 32.4 Å². The Balaban J connectivity index is 2.67. The second kappa shape index (κ2) is 7.68. The van der Waals surface area contributed by atoms with Crippen molar-refractivity contribution in [1.29, 1.82) is 0 Å². The number of piperidine rings is 1. The molecule has 0 bridgehead atoms. The van der Waals surface area contributed by atoms with E-state index in [1.54, 1.807) is 0 Å². The molecule has 0 aromatic rings. The first-order chi connectivity index (χ1) is 9.43. The Morgan fingerprint density at radius 3 is 2.35 bits per heavy atom. The number of amides is 2. The number of aliphatic carboxylic acids is 2. The summed E-state index contributed by atoms with van der Waals surface area (Å²) in [6.07, 6.45) is 1.84. The molecule has 114 valence electrons. The average Bonchev–Trinajstić information content (AvgIpc) is 2.37. The van der Waals surface area contributed by atoms with E-state index in [2.05, 4.69) is 5.32 Å². The summed E-state index contributed by atoms with van der Waals surface area (Å²) >= 11 is 0. The van der Waals surface area contributed by atoms with Crippen molar-refractivity contribution in [2.24, 2.45) is 5.92 Å². The predicted octanol–water partition coefficient (Wildman–Crippen LogP) is -0.491. The number of nitrogens with zero attached hydrogens (tertiary/aromatic N) is 2. The third-order valence-corrected chi connectivity index (χ3v) is 3.21. The summed E-state index contributed by atoms with van der Waals surface area (Å²) < 4.78 is 0. The molecular formula is C12H21N3O5. The van der Waals surface area contributed by atoms with Crippen LogP contribution in [0.2, 0.25) is 0 Å². The summed E-state index contributed by atoms with van der Waals surface area (Å²) in [5.74, 6) is -2.12. The molecular weight excluding hydrogens is 266 g/mol. The first-order valence-electron chi connectivity index (χ1n) is 6.56. The van der Waals surface area contributed by atoms with Gasteiger partial charge in [0.25, 0.3) is 0 Å². The number of nitrogens with one attached hydrogen (secondary N) is 1. The van der Waals surface area contributed by atoms with Crippen molar-refractivity contribution in [2.75, 3.05) is 39.8 Å². The van der Waals surface area contributed by atoms with Gasteiger partial charge < -0.3 is 25.3 Å². The molecule has 0 radical (unpaired) electrons. The molecule has 1 aliphatic rings. The van der Waals surface area contributed by atoms with Crippen molar-refractivity contribution < 1.29 is 24.6 Å². The van der Waals surface area contributed by atoms with Gasteiger partial charge in [0, 0.05) is 13.1 Å². The molecule has 1 rings (SSSR count). The third kappa shape index (κ3) is 5.04. The zero-order valence-corrected chi connectivity index (χ0v) is 11.5. The smallest absolute Gasteiger partial charge is 0.323 e. The van der Waals surface area contributed by atoms with Gasteiger partial charge in [-0.25, -0.2) is 4.79 Å². The molecule has 1 atom stereocenters. The summed E-state index contributed by atoms with van der Waals surface area (Å²) in [5, 5.41) is 20.6. The number of hydrogen-bond donors (Lipinski definition) is 3. The lowest BCUT2D eigenvalue weighted by Crippen LogP contribution is -2.51. The van der Waals surface area contributed by atoms with Gasteiger partial charge in [0.1, 0.15) is 13.1 Å². The lowest BCUT2D eigenvalue weighted by molar-refractivity contribution is -0.140. The number of likely N-dealkylation sites (tertiary alicyclic amines) is 1. The van der Waals surface area contributed by atoms with Crippen molar-refractivity contribution in [3.05, 3.63) is 0 Å². The van der Waals surface area contributed by atoms with E-state index in [1.165, 1.54) is 4.90 Å². The van der Waals surface area contributed by atoms with Gasteiger partial charge in [-0.15, -0.1) is 0 Å². The highest BCUT2D eigenvalue weighted by Crippen LogP contribution is 2.17. The Morgan fingerprint density at radius 1 is 1.25 bits per heavy atom. The molecule has 8 nitrogen and oxygen atoms in total. The number of rotatable bonds is 6. The first-order valence-corrected chi connectivity index (χ1v) is 6.56. The Hall–Kier alpha value is -1.83. The Bertz CT molecular complexity index is 356.